The summed E-state index contributed by atoms with van der Waals surface area (Å²) in [6.45, 7) is 1.13. The SMILES string of the molecule is Nc1n[nH]c(CCc2nc(C3CC3)nn2-c2ccc3c(c2)OCCO3)n1. The summed E-state index contributed by atoms with van der Waals surface area (Å²) in [6, 6.07) is 5.85. The van der Waals surface area contributed by atoms with E-state index in [9.17, 15) is 0 Å². The zero-order chi connectivity index (χ0) is 17.5. The molecule has 0 saturated heterocycles. The molecule has 0 bridgehead atoms. The second-order valence-electron chi connectivity index (χ2n) is 6.54. The summed E-state index contributed by atoms with van der Waals surface area (Å²) >= 11 is 0. The molecule has 2 aromatic heterocycles. The average Bonchev–Trinajstić information content (AvgIpc) is 3.30. The first kappa shape index (κ1) is 15.2. The van der Waals surface area contributed by atoms with Gasteiger partial charge in [-0.1, -0.05) is 0 Å². The third kappa shape index (κ3) is 2.85. The lowest BCUT2D eigenvalue weighted by Gasteiger charge is -2.19. The van der Waals surface area contributed by atoms with E-state index < -0.39 is 0 Å². The number of fused-ring (bicyclic) bond motifs is 1. The molecule has 3 heterocycles. The van der Waals surface area contributed by atoms with Crippen molar-refractivity contribution in [2.45, 2.75) is 31.6 Å². The van der Waals surface area contributed by atoms with Gasteiger partial charge in [0.2, 0.25) is 5.95 Å². The fourth-order valence-corrected chi connectivity index (χ4v) is 3.06. The summed E-state index contributed by atoms with van der Waals surface area (Å²) < 4.78 is 13.2. The number of nitrogens with two attached hydrogens (primary N) is 1. The van der Waals surface area contributed by atoms with E-state index in [-0.39, 0.29) is 5.95 Å². The first-order valence-corrected chi connectivity index (χ1v) is 8.79. The summed E-state index contributed by atoms with van der Waals surface area (Å²) in [7, 11) is 0. The Kier molecular flexibility index (Phi) is 3.51. The summed E-state index contributed by atoms with van der Waals surface area (Å²) in [5.74, 6) is 4.78. The van der Waals surface area contributed by atoms with Crippen LogP contribution in [-0.4, -0.2) is 43.2 Å². The van der Waals surface area contributed by atoms with Gasteiger partial charge in [0.1, 0.15) is 24.9 Å². The number of benzene rings is 1. The number of ether oxygens (including phenoxy) is 2. The molecule has 0 atom stereocenters. The predicted molar refractivity (Wildman–Crippen MR) is 92.5 cm³/mol. The molecule has 3 aromatic rings. The van der Waals surface area contributed by atoms with E-state index >= 15 is 0 Å². The summed E-state index contributed by atoms with van der Waals surface area (Å²) in [6.07, 6.45) is 3.66. The molecule has 1 saturated carbocycles. The number of nitrogen functional groups attached to an aromatic ring is 1. The fourth-order valence-electron chi connectivity index (χ4n) is 3.06. The van der Waals surface area contributed by atoms with Gasteiger partial charge in [0.25, 0.3) is 0 Å². The fraction of sp³-hybridized carbons (Fsp3) is 0.412. The smallest absolute Gasteiger partial charge is 0.239 e. The van der Waals surface area contributed by atoms with Crippen molar-refractivity contribution in [1.29, 1.82) is 0 Å². The molecule has 0 radical (unpaired) electrons. The zero-order valence-corrected chi connectivity index (χ0v) is 14.2. The molecule has 2 aliphatic rings. The first-order valence-electron chi connectivity index (χ1n) is 8.79. The Labute approximate surface area is 149 Å². The van der Waals surface area contributed by atoms with Gasteiger partial charge >= 0.3 is 0 Å². The monoisotopic (exact) mass is 353 g/mol. The Morgan fingerprint density at radius 2 is 1.96 bits per heavy atom. The van der Waals surface area contributed by atoms with Crippen LogP contribution in [0, 0.1) is 0 Å². The molecule has 9 nitrogen and oxygen atoms in total. The third-order valence-corrected chi connectivity index (χ3v) is 4.54. The Balaban J connectivity index is 1.46. The molecule has 0 amide bonds. The van der Waals surface area contributed by atoms with Crippen LogP contribution < -0.4 is 15.2 Å². The molecule has 134 valence electrons. The van der Waals surface area contributed by atoms with E-state index in [4.69, 9.17) is 25.3 Å². The van der Waals surface area contributed by atoms with E-state index in [0.717, 1.165) is 47.5 Å². The lowest BCUT2D eigenvalue weighted by Crippen LogP contribution is -2.15. The molecule has 1 aromatic carbocycles. The number of aromatic nitrogens is 6. The van der Waals surface area contributed by atoms with Crippen molar-refractivity contribution in [2.75, 3.05) is 18.9 Å². The van der Waals surface area contributed by atoms with E-state index in [0.29, 0.717) is 32.0 Å². The zero-order valence-electron chi connectivity index (χ0n) is 14.2. The van der Waals surface area contributed by atoms with Crippen LogP contribution in [0.3, 0.4) is 0 Å². The summed E-state index contributed by atoms with van der Waals surface area (Å²) in [5.41, 5.74) is 6.49. The number of hydrogen-bond acceptors (Lipinski definition) is 7. The number of aryl methyl sites for hydroxylation is 2. The lowest BCUT2D eigenvalue weighted by molar-refractivity contribution is 0.171. The van der Waals surface area contributed by atoms with Crippen molar-refractivity contribution >= 4 is 5.95 Å². The Morgan fingerprint density at radius 3 is 2.73 bits per heavy atom. The number of aromatic amines is 1. The number of hydrogen-bond donors (Lipinski definition) is 2. The average molecular weight is 353 g/mol. The first-order chi connectivity index (χ1) is 12.8. The van der Waals surface area contributed by atoms with Crippen molar-refractivity contribution in [1.82, 2.24) is 29.9 Å². The van der Waals surface area contributed by atoms with Gasteiger partial charge < -0.3 is 15.2 Å². The van der Waals surface area contributed by atoms with Gasteiger partial charge in [-0.15, -0.1) is 5.10 Å². The largest absolute Gasteiger partial charge is 0.486 e. The summed E-state index contributed by atoms with van der Waals surface area (Å²) in [4.78, 5) is 8.93. The van der Waals surface area contributed by atoms with Gasteiger partial charge in [0.15, 0.2) is 17.3 Å². The Hall–Kier alpha value is -3.10. The molecule has 5 rings (SSSR count). The molecule has 1 fully saturated rings. The highest BCUT2D eigenvalue weighted by Crippen LogP contribution is 2.39. The molecule has 1 aliphatic heterocycles. The van der Waals surface area contributed by atoms with Crippen LogP contribution in [0.5, 0.6) is 11.5 Å². The highest BCUT2D eigenvalue weighted by molar-refractivity contribution is 5.49. The number of H-pyrrole nitrogens is 1. The summed E-state index contributed by atoms with van der Waals surface area (Å²) in [5, 5.41) is 11.5. The highest BCUT2D eigenvalue weighted by Gasteiger charge is 2.29. The second-order valence-corrected chi connectivity index (χ2v) is 6.54. The topological polar surface area (TPSA) is 117 Å². The number of rotatable bonds is 5. The second kappa shape index (κ2) is 6.01. The number of nitrogens with zero attached hydrogens (tertiary/aromatic N) is 5. The van der Waals surface area contributed by atoms with Crippen LogP contribution >= 0.6 is 0 Å². The van der Waals surface area contributed by atoms with Crippen molar-refractivity contribution in [3.8, 4) is 17.2 Å². The molecule has 3 N–H and O–H groups in total. The van der Waals surface area contributed by atoms with Crippen LogP contribution in [0.1, 0.15) is 36.2 Å². The number of anilines is 1. The Morgan fingerprint density at radius 1 is 1.12 bits per heavy atom. The molecule has 0 unspecified atom stereocenters. The van der Waals surface area contributed by atoms with Crippen LogP contribution in [0.25, 0.3) is 5.69 Å². The minimum atomic E-state index is 0.256. The van der Waals surface area contributed by atoms with E-state index in [1.807, 2.05) is 22.9 Å². The molecule has 1 aliphatic carbocycles. The van der Waals surface area contributed by atoms with Crippen molar-refractivity contribution in [3.63, 3.8) is 0 Å². The molecule has 26 heavy (non-hydrogen) atoms. The van der Waals surface area contributed by atoms with E-state index in [2.05, 4.69) is 15.2 Å². The minimum absolute atomic E-state index is 0.256. The molecule has 0 spiro atoms. The van der Waals surface area contributed by atoms with Gasteiger partial charge in [-0.3, -0.25) is 5.10 Å². The maximum atomic E-state index is 5.70. The van der Waals surface area contributed by atoms with Crippen LogP contribution in [0.2, 0.25) is 0 Å². The van der Waals surface area contributed by atoms with Crippen molar-refractivity contribution in [3.05, 3.63) is 35.7 Å². The molecular weight excluding hydrogens is 334 g/mol. The van der Waals surface area contributed by atoms with Crippen LogP contribution in [0.15, 0.2) is 18.2 Å². The minimum Gasteiger partial charge on any atom is -0.486 e. The predicted octanol–water partition coefficient (Wildman–Crippen LogP) is 1.40. The van der Waals surface area contributed by atoms with Gasteiger partial charge in [-0.2, -0.15) is 10.1 Å². The van der Waals surface area contributed by atoms with Gasteiger partial charge in [-0.25, -0.2) is 9.67 Å². The van der Waals surface area contributed by atoms with Gasteiger partial charge in [-0.05, 0) is 25.0 Å². The van der Waals surface area contributed by atoms with Gasteiger partial charge in [0, 0.05) is 24.8 Å². The van der Waals surface area contributed by atoms with Crippen molar-refractivity contribution in [2.24, 2.45) is 0 Å². The third-order valence-electron chi connectivity index (χ3n) is 4.54. The molecule has 9 heteroatoms. The maximum absolute atomic E-state index is 5.70. The number of nitrogens with one attached hydrogen (secondary N) is 1. The van der Waals surface area contributed by atoms with Crippen LogP contribution in [0.4, 0.5) is 5.95 Å². The standard InChI is InChI=1S/C17H19N7O2/c18-17-19-14(21-22-17)5-6-15-20-16(10-1-2-10)23-24(15)11-3-4-12-13(9-11)26-8-7-25-12/h3-4,9-10H,1-2,5-8H2,(H3,18,19,21,22). The lowest BCUT2D eigenvalue weighted by atomic mass is 10.2. The van der Waals surface area contributed by atoms with Crippen molar-refractivity contribution < 1.29 is 9.47 Å². The Bertz CT molecular complexity index is 944. The van der Waals surface area contributed by atoms with Crippen LogP contribution in [-0.2, 0) is 12.8 Å². The van der Waals surface area contributed by atoms with E-state index in [1.54, 1.807) is 0 Å². The quantitative estimate of drug-likeness (QED) is 0.712. The van der Waals surface area contributed by atoms with Gasteiger partial charge in [0.05, 0.1) is 5.69 Å². The maximum Gasteiger partial charge on any atom is 0.239 e. The van der Waals surface area contributed by atoms with E-state index in [1.165, 1.54) is 0 Å². The molecular formula is C17H19N7O2. The highest BCUT2D eigenvalue weighted by atomic mass is 16.6. The normalized spacial score (nSPS) is 16.0.